The van der Waals surface area contributed by atoms with Crippen LogP contribution in [0, 0.1) is 6.92 Å². The van der Waals surface area contributed by atoms with Gasteiger partial charge in [0.05, 0.1) is 23.3 Å². The van der Waals surface area contributed by atoms with Gasteiger partial charge in [0.1, 0.15) is 6.54 Å². The van der Waals surface area contributed by atoms with E-state index >= 15 is 0 Å². The van der Waals surface area contributed by atoms with Crippen molar-refractivity contribution in [1.82, 2.24) is 19.8 Å². The molecule has 2 heterocycles. The molecule has 2 aromatic heterocycles. The molecule has 6 nitrogen and oxygen atoms in total. The highest BCUT2D eigenvalue weighted by Crippen LogP contribution is 2.22. The van der Waals surface area contributed by atoms with Gasteiger partial charge < -0.3 is 10.2 Å². The van der Waals surface area contributed by atoms with Crippen molar-refractivity contribution in [2.45, 2.75) is 19.5 Å². The van der Waals surface area contributed by atoms with Crippen LogP contribution in [0.4, 0.5) is 0 Å². The lowest BCUT2D eigenvalue weighted by Crippen LogP contribution is -2.37. The summed E-state index contributed by atoms with van der Waals surface area (Å²) >= 11 is 1.66. The van der Waals surface area contributed by atoms with Crippen molar-refractivity contribution in [3.8, 4) is 0 Å². The fraction of sp³-hybridized carbons (Fsp3) is 0.316. The Hall–Kier alpha value is -2.51. The normalized spacial score (nSPS) is 12.5. The molecule has 26 heavy (non-hydrogen) atoms. The molecule has 7 heteroatoms. The van der Waals surface area contributed by atoms with E-state index < -0.39 is 0 Å². The number of thiophene rings is 1. The number of rotatable bonds is 6. The van der Waals surface area contributed by atoms with E-state index in [1.54, 1.807) is 17.4 Å². The lowest BCUT2D eigenvalue weighted by molar-refractivity contribution is -0.121. The van der Waals surface area contributed by atoms with Gasteiger partial charge in [-0.2, -0.15) is 0 Å². The average Bonchev–Trinajstić information content (AvgIpc) is 3.12. The lowest BCUT2D eigenvalue weighted by atomic mass is 10.1. The first-order valence-corrected chi connectivity index (χ1v) is 9.26. The Bertz CT molecular complexity index is 963. The topological polar surface area (TPSA) is 67.2 Å². The van der Waals surface area contributed by atoms with Gasteiger partial charge in [-0.15, -0.1) is 11.3 Å². The minimum atomic E-state index is -0.204. The Kier molecular flexibility index (Phi) is 5.49. The zero-order valence-corrected chi connectivity index (χ0v) is 15.9. The summed E-state index contributed by atoms with van der Waals surface area (Å²) in [4.78, 5) is 32.5. The minimum Gasteiger partial charge on any atom is -0.353 e. The number of hydrogen-bond donors (Lipinski definition) is 1. The van der Waals surface area contributed by atoms with Gasteiger partial charge in [-0.05, 0) is 44.1 Å². The van der Waals surface area contributed by atoms with Gasteiger partial charge in [0.25, 0.3) is 5.56 Å². The molecule has 0 fully saturated rings. The molecule has 0 aliphatic rings. The molecule has 0 radical (unpaired) electrons. The molecule has 3 aromatic rings. The number of carbonyl (C=O) groups is 1. The van der Waals surface area contributed by atoms with Crippen LogP contribution in [0.1, 0.15) is 16.5 Å². The van der Waals surface area contributed by atoms with E-state index in [1.807, 2.05) is 44.6 Å². The Morgan fingerprint density at radius 1 is 1.31 bits per heavy atom. The number of likely N-dealkylation sites (N-methyl/N-ethyl adjacent to an activating group) is 1. The lowest BCUT2D eigenvalue weighted by Gasteiger charge is -2.23. The van der Waals surface area contributed by atoms with E-state index in [9.17, 15) is 9.59 Å². The molecular weight excluding hydrogens is 348 g/mol. The minimum absolute atomic E-state index is 0.0414. The number of aromatic nitrogens is 2. The van der Waals surface area contributed by atoms with Gasteiger partial charge in [-0.3, -0.25) is 14.2 Å². The Balaban J connectivity index is 1.71. The van der Waals surface area contributed by atoms with Crippen LogP contribution in [0.15, 0.2) is 46.8 Å². The van der Waals surface area contributed by atoms with Crippen molar-refractivity contribution in [3.63, 3.8) is 0 Å². The number of benzene rings is 1. The fourth-order valence-corrected chi connectivity index (χ4v) is 3.81. The molecule has 1 unspecified atom stereocenters. The van der Waals surface area contributed by atoms with E-state index in [0.717, 1.165) is 5.56 Å². The maximum Gasteiger partial charge on any atom is 0.261 e. The third kappa shape index (κ3) is 3.84. The van der Waals surface area contributed by atoms with Gasteiger partial charge in [0.15, 0.2) is 0 Å². The largest absolute Gasteiger partial charge is 0.353 e. The molecule has 0 saturated heterocycles. The molecule has 3 rings (SSSR count). The smallest absolute Gasteiger partial charge is 0.261 e. The van der Waals surface area contributed by atoms with Crippen molar-refractivity contribution in [2.75, 3.05) is 20.6 Å². The first-order chi connectivity index (χ1) is 12.5. The number of aryl methyl sites for hydroxylation is 1. The van der Waals surface area contributed by atoms with Crippen molar-refractivity contribution >= 4 is 28.1 Å². The molecule has 0 aliphatic heterocycles. The van der Waals surface area contributed by atoms with Gasteiger partial charge in [0.2, 0.25) is 5.91 Å². The SMILES string of the molecule is Cc1cccc2c(=O)n(CC(=O)NCC(c3cccs3)N(C)C)cnc12. The van der Waals surface area contributed by atoms with Crippen molar-refractivity contribution in [1.29, 1.82) is 0 Å². The summed E-state index contributed by atoms with van der Waals surface area (Å²) in [6, 6.07) is 9.65. The summed E-state index contributed by atoms with van der Waals surface area (Å²) in [6.45, 7) is 2.36. The van der Waals surface area contributed by atoms with E-state index in [4.69, 9.17) is 0 Å². The van der Waals surface area contributed by atoms with E-state index in [2.05, 4.69) is 21.3 Å². The molecule has 1 aromatic carbocycles. The molecule has 1 amide bonds. The van der Waals surface area contributed by atoms with Crippen LogP contribution in [-0.4, -0.2) is 41.0 Å². The van der Waals surface area contributed by atoms with Crippen LogP contribution >= 0.6 is 11.3 Å². The predicted octanol–water partition coefficient (Wildman–Crippen LogP) is 2.19. The predicted molar refractivity (Wildman–Crippen MR) is 104 cm³/mol. The van der Waals surface area contributed by atoms with Crippen LogP contribution in [0.25, 0.3) is 10.9 Å². The first kappa shape index (κ1) is 18.3. The van der Waals surface area contributed by atoms with E-state index in [0.29, 0.717) is 17.4 Å². The van der Waals surface area contributed by atoms with Gasteiger partial charge in [-0.25, -0.2) is 4.98 Å². The van der Waals surface area contributed by atoms with Gasteiger partial charge in [-0.1, -0.05) is 18.2 Å². The van der Waals surface area contributed by atoms with E-state index in [1.165, 1.54) is 15.8 Å². The average molecular weight is 370 g/mol. The highest BCUT2D eigenvalue weighted by atomic mass is 32.1. The molecule has 0 saturated carbocycles. The Morgan fingerprint density at radius 3 is 2.81 bits per heavy atom. The highest BCUT2D eigenvalue weighted by molar-refractivity contribution is 7.10. The molecule has 1 atom stereocenters. The number of fused-ring (bicyclic) bond motifs is 1. The van der Waals surface area contributed by atoms with Gasteiger partial charge in [0, 0.05) is 11.4 Å². The first-order valence-electron chi connectivity index (χ1n) is 8.38. The summed E-state index contributed by atoms with van der Waals surface area (Å²) < 4.78 is 1.35. The molecule has 0 bridgehead atoms. The number of carbonyl (C=O) groups excluding carboxylic acids is 1. The third-order valence-corrected chi connectivity index (χ3v) is 5.33. The summed E-state index contributed by atoms with van der Waals surface area (Å²) in [5.74, 6) is -0.204. The molecule has 136 valence electrons. The third-order valence-electron chi connectivity index (χ3n) is 4.36. The zero-order valence-electron chi connectivity index (χ0n) is 15.1. The van der Waals surface area contributed by atoms with Crippen LogP contribution in [0.5, 0.6) is 0 Å². The summed E-state index contributed by atoms with van der Waals surface area (Å²) in [5.41, 5.74) is 1.43. The second-order valence-electron chi connectivity index (χ2n) is 6.45. The summed E-state index contributed by atoms with van der Waals surface area (Å²) in [6.07, 6.45) is 1.44. The van der Waals surface area contributed by atoms with Crippen LogP contribution < -0.4 is 10.9 Å². The van der Waals surface area contributed by atoms with Crippen molar-refractivity contribution in [3.05, 3.63) is 62.8 Å². The Morgan fingerprint density at radius 2 is 2.12 bits per heavy atom. The van der Waals surface area contributed by atoms with Gasteiger partial charge >= 0.3 is 0 Å². The van der Waals surface area contributed by atoms with Crippen molar-refractivity contribution < 1.29 is 4.79 Å². The Labute approximate surface area is 156 Å². The zero-order chi connectivity index (χ0) is 18.7. The second-order valence-corrected chi connectivity index (χ2v) is 7.43. The maximum absolute atomic E-state index is 12.6. The molecule has 0 aliphatic carbocycles. The number of hydrogen-bond acceptors (Lipinski definition) is 5. The van der Waals surface area contributed by atoms with Crippen LogP contribution in [-0.2, 0) is 11.3 Å². The summed E-state index contributed by atoms with van der Waals surface area (Å²) in [7, 11) is 3.97. The van der Waals surface area contributed by atoms with Crippen LogP contribution in [0.2, 0.25) is 0 Å². The van der Waals surface area contributed by atoms with E-state index in [-0.39, 0.29) is 24.1 Å². The monoisotopic (exact) mass is 370 g/mol. The number of nitrogens with one attached hydrogen (secondary N) is 1. The maximum atomic E-state index is 12.6. The summed E-state index contributed by atoms with van der Waals surface area (Å²) in [5, 5.41) is 5.48. The highest BCUT2D eigenvalue weighted by Gasteiger charge is 2.16. The molecule has 1 N–H and O–H groups in total. The standard InChI is InChI=1S/C19H22N4O2S/c1-13-6-4-7-14-18(13)21-12-23(19(14)25)11-17(24)20-10-15(22(2)3)16-8-5-9-26-16/h4-9,12,15H,10-11H2,1-3H3,(H,20,24). The second kappa shape index (κ2) is 7.80. The molecular formula is C19H22N4O2S. The number of para-hydroxylation sites is 1. The molecule has 0 spiro atoms. The fourth-order valence-electron chi connectivity index (χ4n) is 2.89. The van der Waals surface area contributed by atoms with Crippen LogP contribution in [0.3, 0.4) is 0 Å². The van der Waals surface area contributed by atoms with Crippen molar-refractivity contribution in [2.24, 2.45) is 0 Å². The number of nitrogens with zero attached hydrogens (tertiary/aromatic N) is 3. The number of amides is 1. The quantitative estimate of drug-likeness (QED) is 0.722.